The Morgan fingerprint density at radius 3 is 2.80 bits per heavy atom. The number of methoxy groups -OCH3 is 1. The summed E-state index contributed by atoms with van der Waals surface area (Å²) >= 11 is 6.04. The molecule has 1 aromatic carbocycles. The van der Waals surface area contributed by atoms with E-state index in [1.807, 2.05) is 12.1 Å². The molecule has 6 nitrogen and oxygen atoms in total. The number of hydrogen-bond acceptors (Lipinski definition) is 5. The highest BCUT2D eigenvalue weighted by Gasteiger charge is 2.14. The van der Waals surface area contributed by atoms with E-state index in [2.05, 4.69) is 10.1 Å². The van der Waals surface area contributed by atoms with Crippen molar-refractivity contribution in [2.45, 2.75) is 13.5 Å². The zero-order chi connectivity index (χ0) is 18.2. The average Bonchev–Trinajstić information content (AvgIpc) is 2.98. The number of nitrogens with one attached hydrogen (secondary N) is 1. The molecule has 0 aliphatic heterocycles. The first kappa shape index (κ1) is 18.6. The lowest BCUT2D eigenvalue weighted by Gasteiger charge is -2.06. The lowest BCUT2D eigenvalue weighted by Crippen LogP contribution is -2.23. The topological polar surface area (TPSA) is 77.8 Å². The number of esters is 1. The summed E-state index contributed by atoms with van der Waals surface area (Å²) < 4.78 is 15.6. The maximum atomic E-state index is 12.0. The van der Waals surface area contributed by atoms with E-state index in [4.69, 9.17) is 20.8 Å². The van der Waals surface area contributed by atoms with Gasteiger partial charge in [-0.3, -0.25) is 4.79 Å². The van der Waals surface area contributed by atoms with E-state index in [0.717, 1.165) is 5.56 Å². The molecule has 0 saturated carbocycles. The molecule has 0 atom stereocenters. The molecule has 0 bridgehead atoms. The Kier molecular flexibility index (Phi) is 6.65. The summed E-state index contributed by atoms with van der Waals surface area (Å²) in [6.45, 7) is 2.16. The van der Waals surface area contributed by atoms with E-state index in [9.17, 15) is 9.59 Å². The van der Waals surface area contributed by atoms with E-state index in [1.165, 1.54) is 19.3 Å². The van der Waals surface area contributed by atoms with Gasteiger partial charge in [0.25, 0.3) is 5.91 Å². The molecule has 0 aliphatic carbocycles. The van der Waals surface area contributed by atoms with Gasteiger partial charge in [0.15, 0.2) is 5.76 Å². The fourth-order valence-electron chi connectivity index (χ4n) is 1.95. The van der Waals surface area contributed by atoms with Crippen molar-refractivity contribution in [2.75, 3.05) is 13.7 Å². The Morgan fingerprint density at radius 1 is 1.32 bits per heavy atom. The normalized spacial score (nSPS) is 10.7. The molecule has 0 fully saturated rings. The van der Waals surface area contributed by atoms with Gasteiger partial charge in [0.05, 0.1) is 12.1 Å². The quantitative estimate of drug-likeness (QED) is 0.603. The van der Waals surface area contributed by atoms with Crippen LogP contribution in [-0.2, 0) is 16.1 Å². The summed E-state index contributed by atoms with van der Waals surface area (Å²) in [4.78, 5) is 23.0. The summed E-state index contributed by atoms with van der Waals surface area (Å²) in [7, 11) is 1.28. The number of furan rings is 1. The molecular weight excluding hydrogens is 346 g/mol. The first-order valence-corrected chi connectivity index (χ1v) is 7.88. The highest BCUT2D eigenvalue weighted by Crippen LogP contribution is 2.25. The zero-order valence-corrected chi connectivity index (χ0v) is 14.6. The van der Waals surface area contributed by atoms with Crippen LogP contribution in [0.1, 0.15) is 21.9 Å². The minimum Gasteiger partial charge on any atom is -0.487 e. The molecule has 1 heterocycles. The maximum absolute atomic E-state index is 12.0. The minimum absolute atomic E-state index is 0.168. The summed E-state index contributed by atoms with van der Waals surface area (Å²) in [5, 5.41) is 3.13. The lowest BCUT2D eigenvalue weighted by molar-refractivity contribution is -0.134. The van der Waals surface area contributed by atoms with Crippen molar-refractivity contribution in [3.8, 4) is 5.75 Å². The summed E-state index contributed by atoms with van der Waals surface area (Å²) in [5.41, 5.74) is 0.746. The van der Waals surface area contributed by atoms with Gasteiger partial charge in [-0.2, -0.15) is 0 Å². The third-order valence-corrected chi connectivity index (χ3v) is 3.61. The third kappa shape index (κ3) is 5.39. The second-order valence-electron chi connectivity index (χ2n) is 5.05. The van der Waals surface area contributed by atoms with Crippen LogP contribution in [0.3, 0.4) is 0 Å². The van der Waals surface area contributed by atoms with Gasteiger partial charge in [-0.15, -0.1) is 0 Å². The van der Waals surface area contributed by atoms with Crippen LogP contribution in [0.25, 0.3) is 0 Å². The molecule has 0 radical (unpaired) electrons. The molecule has 0 unspecified atom stereocenters. The van der Waals surface area contributed by atoms with Gasteiger partial charge >= 0.3 is 5.97 Å². The van der Waals surface area contributed by atoms with Gasteiger partial charge in [0, 0.05) is 18.2 Å². The van der Waals surface area contributed by atoms with Crippen molar-refractivity contribution in [1.29, 1.82) is 0 Å². The van der Waals surface area contributed by atoms with Gasteiger partial charge < -0.3 is 19.2 Å². The summed E-state index contributed by atoms with van der Waals surface area (Å²) in [5.74, 6) is 0.441. The molecule has 132 valence electrons. The number of halogens is 1. The van der Waals surface area contributed by atoms with Crippen LogP contribution in [0, 0.1) is 6.92 Å². The highest BCUT2D eigenvalue weighted by molar-refractivity contribution is 6.32. The van der Waals surface area contributed by atoms with Crippen molar-refractivity contribution >= 4 is 23.5 Å². The zero-order valence-electron chi connectivity index (χ0n) is 13.9. The van der Waals surface area contributed by atoms with Crippen molar-refractivity contribution < 1.29 is 23.5 Å². The Balaban J connectivity index is 1.92. The number of carbonyl (C=O) groups is 2. The fourth-order valence-corrected chi connectivity index (χ4v) is 2.14. The van der Waals surface area contributed by atoms with Crippen LogP contribution in [0.2, 0.25) is 5.02 Å². The van der Waals surface area contributed by atoms with E-state index in [0.29, 0.717) is 16.5 Å². The molecule has 7 heteroatoms. The smallest absolute Gasteiger partial charge is 0.330 e. The molecule has 2 rings (SSSR count). The van der Waals surface area contributed by atoms with Gasteiger partial charge in [-0.05, 0) is 25.1 Å². The van der Waals surface area contributed by atoms with Crippen LogP contribution < -0.4 is 10.1 Å². The fraction of sp³-hybridized carbons (Fsp3) is 0.222. The van der Waals surface area contributed by atoms with Crippen LogP contribution >= 0.6 is 11.6 Å². The molecule has 0 aliphatic rings. The van der Waals surface area contributed by atoms with E-state index >= 15 is 0 Å². The van der Waals surface area contributed by atoms with Crippen LogP contribution in [0.15, 0.2) is 46.9 Å². The number of para-hydroxylation sites is 1. The molecule has 1 amide bonds. The largest absolute Gasteiger partial charge is 0.487 e. The van der Waals surface area contributed by atoms with Crippen molar-refractivity contribution in [3.05, 3.63) is 64.6 Å². The third-order valence-electron chi connectivity index (χ3n) is 3.30. The molecule has 1 aromatic heterocycles. The van der Waals surface area contributed by atoms with Gasteiger partial charge in [-0.25, -0.2) is 4.79 Å². The average molecular weight is 364 g/mol. The van der Waals surface area contributed by atoms with Crippen LogP contribution in [0.5, 0.6) is 5.75 Å². The number of hydrogen-bond donors (Lipinski definition) is 1. The predicted octanol–water partition coefficient (Wildman–Crippen LogP) is 3.28. The SMILES string of the molecule is COC(=O)/C=C/CNC(=O)c1cc(COc2ccccc2Cl)c(C)o1. The standard InChI is InChI=1S/C18H18ClNO5/c1-12-13(11-24-15-7-4-3-6-14(15)19)10-16(25-12)18(22)20-9-5-8-17(21)23-2/h3-8,10H,9,11H2,1-2H3,(H,20,22)/b8-5+. The number of aryl methyl sites for hydroxylation is 1. The highest BCUT2D eigenvalue weighted by atomic mass is 35.5. The van der Waals surface area contributed by atoms with Crippen molar-refractivity contribution in [1.82, 2.24) is 5.32 Å². The maximum Gasteiger partial charge on any atom is 0.330 e. The van der Waals surface area contributed by atoms with E-state index in [1.54, 1.807) is 25.1 Å². The Labute approximate surface area is 150 Å². The predicted molar refractivity (Wildman–Crippen MR) is 92.7 cm³/mol. The molecule has 2 aromatic rings. The van der Waals surface area contributed by atoms with Gasteiger partial charge in [0.1, 0.15) is 18.1 Å². The molecule has 0 saturated heterocycles. The number of ether oxygens (including phenoxy) is 2. The number of amides is 1. The van der Waals surface area contributed by atoms with Crippen molar-refractivity contribution in [3.63, 3.8) is 0 Å². The van der Waals surface area contributed by atoms with Gasteiger partial charge in [0.2, 0.25) is 0 Å². The summed E-state index contributed by atoms with van der Waals surface area (Å²) in [6, 6.07) is 8.75. The van der Waals surface area contributed by atoms with Crippen LogP contribution in [0.4, 0.5) is 0 Å². The molecule has 1 N–H and O–H groups in total. The van der Waals surface area contributed by atoms with Crippen molar-refractivity contribution in [2.24, 2.45) is 0 Å². The Bertz CT molecular complexity index is 782. The first-order chi connectivity index (χ1) is 12.0. The minimum atomic E-state index is -0.484. The Hall–Kier alpha value is -2.73. The lowest BCUT2D eigenvalue weighted by atomic mass is 10.2. The van der Waals surface area contributed by atoms with E-state index in [-0.39, 0.29) is 24.8 Å². The number of carbonyl (C=O) groups excluding carboxylic acids is 2. The van der Waals surface area contributed by atoms with Crippen LogP contribution in [-0.4, -0.2) is 25.5 Å². The molecule has 0 spiro atoms. The number of rotatable bonds is 7. The summed E-state index contributed by atoms with van der Waals surface area (Å²) in [6.07, 6.45) is 2.72. The first-order valence-electron chi connectivity index (χ1n) is 7.50. The molecular formula is C18H18ClNO5. The second kappa shape index (κ2) is 8.94. The number of benzene rings is 1. The monoisotopic (exact) mass is 363 g/mol. The van der Waals surface area contributed by atoms with Gasteiger partial charge in [-0.1, -0.05) is 29.8 Å². The molecule has 25 heavy (non-hydrogen) atoms. The van der Waals surface area contributed by atoms with E-state index < -0.39 is 5.97 Å². The Morgan fingerprint density at radius 2 is 2.08 bits per heavy atom. The second-order valence-corrected chi connectivity index (χ2v) is 5.45.